The van der Waals surface area contributed by atoms with Crippen molar-refractivity contribution >= 4 is 0 Å². The van der Waals surface area contributed by atoms with Crippen LogP contribution in [0, 0.1) is 0 Å². The minimum absolute atomic E-state index is 0.114. The first-order valence-electron chi connectivity index (χ1n) is 11.7. The minimum atomic E-state index is -0.623. The summed E-state index contributed by atoms with van der Waals surface area (Å²) in [6, 6.07) is 11.9. The van der Waals surface area contributed by atoms with Gasteiger partial charge in [0.15, 0.2) is 0 Å². The Balaban J connectivity index is 1.57. The Morgan fingerprint density at radius 2 is 1.94 bits per heavy atom. The van der Waals surface area contributed by atoms with Crippen molar-refractivity contribution in [3.8, 4) is 17.2 Å². The van der Waals surface area contributed by atoms with E-state index in [1.54, 1.807) is 7.11 Å². The zero-order valence-corrected chi connectivity index (χ0v) is 19.3. The van der Waals surface area contributed by atoms with E-state index in [0.29, 0.717) is 44.0 Å². The fourth-order valence-electron chi connectivity index (χ4n) is 4.48. The SMILES string of the molecule is CCOc1cc(OC)c(Cc2ccc(O[C@H]3CCOC3)cc2)cc1[C@H]1C[C@@H](O)C[C@@H](CF)O1. The number of rotatable bonds is 9. The normalized spacial score (nSPS) is 25.1. The van der Waals surface area contributed by atoms with Crippen molar-refractivity contribution in [2.75, 3.05) is 33.6 Å². The predicted octanol–water partition coefficient (Wildman–Crippen LogP) is 4.40. The number of hydrogen-bond donors (Lipinski definition) is 1. The summed E-state index contributed by atoms with van der Waals surface area (Å²) in [7, 11) is 1.63. The highest BCUT2D eigenvalue weighted by molar-refractivity contribution is 5.49. The van der Waals surface area contributed by atoms with Gasteiger partial charge >= 0.3 is 0 Å². The van der Waals surface area contributed by atoms with Crippen molar-refractivity contribution in [1.29, 1.82) is 0 Å². The molecule has 2 fully saturated rings. The lowest BCUT2D eigenvalue weighted by Gasteiger charge is -2.33. The van der Waals surface area contributed by atoms with Crippen LogP contribution in [0.1, 0.15) is 49.0 Å². The van der Waals surface area contributed by atoms with Gasteiger partial charge in [-0.15, -0.1) is 0 Å². The Morgan fingerprint density at radius 1 is 1.12 bits per heavy atom. The van der Waals surface area contributed by atoms with Crippen LogP contribution in [0.15, 0.2) is 36.4 Å². The van der Waals surface area contributed by atoms with Gasteiger partial charge in [0.2, 0.25) is 0 Å². The monoisotopic (exact) mass is 460 g/mol. The third-order valence-corrected chi connectivity index (χ3v) is 6.12. The van der Waals surface area contributed by atoms with Gasteiger partial charge in [0, 0.05) is 37.3 Å². The van der Waals surface area contributed by atoms with Gasteiger partial charge in [-0.05, 0) is 36.2 Å². The molecule has 2 aromatic rings. The van der Waals surface area contributed by atoms with Gasteiger partial charge in [-0.1, -0.05) is 12.1 Å². The standard InChI is InChI=1S/C26H33FO6/c1-3-31-25-14-24(29-2)18(11-23(25)26-13-19(28)12-22(15-27)33-26)10-17-4-6-20(7-5-17)32-21-8-9-30-16-21/h4-7,11,14,19,21-22,26,28H,3,8-10,12-13,15-16H2,1-2H3/t19-,21-,22-,26+/m0/s1. The summed E-state index contributed by atoms with van der Waals surface area (Å²) in [5.41, 5.74) is 2.88. The molecule has 4 atom stereocenters. The van der Waals surface area contributed by atoms with Crippen LogP contribution in [0.4, 0.5) is 4.39 Å². The molecule has 0 spiro atoms. The molecule has 180 valence electrons. The van der Waals surface area contributed by atoms with Gasteiger partial charge in [0.1, 0.15) is 30.0 Å². The van der Waals surface area contributed by atoms with E-state index in [-0.39, 0.29) is 6.10 Å². The molecule has 2 saturated heterocycles. The van der Waals surface area contributed by atoms with Crippen LogP contribution in [0.5, 0.6) is 17.2 Å². The van der Waals surface area contributed by atoms with Crippen molar-refractivity contribution in [2.24, 2.45) is 0 Å². The van der Waals surface area contributed by atoms with Crippen LogP contribution >= 0.6 is 0 Å². The highest BCUT2D eigenvalue weighted by Gasteiger charge is 2.32. The summed E-state index contributed by atoms with van der Waals surface area (Å²) in [6.07, 6.45) is 0.708. The maximum Gasteiger partial charge on any atom is 0.128 e. The lowest BCUT2D eigenvalue weighted by Crippen LogP contribution is -2.32. The van der Waals surface area contributed by atoms with Crippen molar-refractivity contribution in [2.45, 2.75) is 57.0 Å². The van der Waals surface area contributed by atoms with Gasteiger partial charge in [-0.3, -0.25) is 0 Å². The Labute approximate surface area is 194 Å². The molecular weight excluding hydrogens is 427 g/mol. The van der Waals surface area contributed by atoms with Crippen molar-refractivity contribution in [3.05, 3.63) is 53.1 Å². The van der Waals surface area contributed by atoms with Crippen molar-refractivity contribution in [3.63, 3.8) is 0 Å². The van der Waals surface area contributed by atoms with E-state index in [1.807, 2.05) is 43.3 Å². The fraction of sp³-hybridized carbons (Fsp3) is 0.538. The van der Waals surface area contributed by atoms with Crippen LogP contribution in [0.2, 0.25) is 0 Å². The van der Waals surface area contributed by atoms with Crippen molar-refractivity contribution in [1.82, 2.24) is 0 Å². The summed E-state index contributed by atoms with van der Waals surface area (Å²) in [5, 5.41) is 10.3. The molecule has 4 rings (SSSR count). The van der Waals surface area contributed by atoms with Gasteiger partial charge in [0.25, 0.3) is 0 Å². The van der Waals surface area contributed by atoms with E-state index >= 15 is 0 Å². The maximum absolute atomic E-state index is 13.3. The van der Waals surface area contributed by atoms with Crippen LogP contribution < -0.4 is 14.2 Å². The van der Waals surface area contributed by atoms with Gasteiger partial charge in [-0.2, -0.15) is 0 Å². The number of alkyl halides is 1. The number of benzene rings is 2. The number of halogens is 1. The summed E-state index contributed by atoms with van der Waals surface area (Å²) in [5.74, 6) is 2.18. The number of aliphatic hydroxyl groups is 1. The van der Waals surface area contributed by atoms with Crippen LogP contribution in [0.25, 0.3) is 0 Å². The van der Waals surface area contributed by atoms with Crippen LogP contribution in [0.3, 0.4) is 0 Å². The molecule has 2 aliphatic heterocycles. The third kappa shape index (κ3) is 5.96. The fourth-order valence-corrected chi connectivity index (χ4v) is 4.48. The highest BCUT2D eigenvalue weighted by Crippen LogP contribution is 2.40. The molecule has 0 unspecified atom stereocenters. The summed E-state index contributed by atoms with van der Waals surface area (Å²) >= 11 is 0. The Kier molecular flexibility index (Phi) is 8.06. The van der Waals surface area contributed by atoms with Crippen LogP contribution in [-0.4, -0.2) is 57.0 Å². The molecule has 0 saturated carbocycles. The van der Waals surface area contributed by atoms with Crippen LogP contribution in [-0.2, 0) is 15.9 Å². The van der Waals surface area contributed by atoms with Gasteiger partial charge in [0.05, 0.1) is 45.2 Å². The second-order valence-corrected chi connectivity index (χ2v) is 8.59. The topological polar surface area (TPSA) is 66.4 Å². The molecule has 2 heterocycles. The zero-order chi connectivity index (χ0) is 23.2. The Hall–Kier alpha value is -2.35. The number of aliphatic hydroxyl groups excluding tert-OH is 1. The molecule has 0 aromatic heterocycles. The Morgan fingerprint density at radius 3 is 2.61 bits per heavy atom. The second kappa shape index (κ2) is 11.2. The highest BCUT2D eigenvalue weighted by atomic mass is 19.1. The first-order valence-corrected chi connectivity index (χ1v) is 11.7. The molecule has 0 aliphatic carbocycles. The smallest absolute Gasteiger partial charge is 0.128 e. The zero-order valence-electron chi connectivity index (χ0n) is 19.3. The molecule has 0 bridgehead atoms. The van der Waals surface area contributed by atoms with E-state index in [4.69, 9.17) is 23.7 Å². The van der Waals surface area contributed by atoms with E-state index in [1.165, 1.54) is 0 Å². The molecule has 2 aliphatic rings. The van der Waals surface area contributed by atoms with E-state index < -0.39 is 25.0 Å². The first-order chi connectivity index (χ1) is 16.1. The number of methoxy groups -OCH3 is 1. The van der Waals surface area contributed by atoms with E-state index in [0.717, 1.165) is 35.5 Å². The predicted molar refractivity (Wildman–Crippen MR) is 122 cm³/mol. The quantitative estimate of drug-likeness (QED) is 0.598. The van der Waals surface area contributed by atoms with E-state index in [2.05, 4.69) is 0 Å². The van der Waals surface area contributed by atoms with E-state index in [9.17, 15) is 9.50 Å². The minimum Gasteiger partial charge on any atom is -0.496 e. The number of hydrogen-bond acceptors (Lipinski definition) is 6. The largest absolute Gasteiger partial charge is 0.496 e. The Bertz CT molecular complexity index is 896. The molecule has 2 aromatic carbocycles. The molecule has 0 amide bonds. The third-order valence-electron chi connectivity index (χ3n) is 6.12. The number of ether oxygens (including phenoxy) is 5. The average Bonchev–Trinajstić information content (AvgIpc) is 3.33. The summed E-state index contributed by atoms with van der Waals surface area (Å²) in [4.78, 5) is 0. The average molecular weight is 461 g/mol. The first kappa shape index (κ1) is 23.8. The molecule has 1 N–H and O–H groups in total. The van der Waals surface area contributed by atoms with Crippen molar-refractivity contribution < 1.29 is 33.2 Å². The lowest BCUT2D eigenvalue weighted by atomic mass is 9.93. The molecule has 7 heteroatoms. The second-order valence-electron chi connectivity index (χ2n) is 8.59. The lowest BCUT2D eigenvalue weighted by molar-refractivity contribution is -0.105. The molecular formula is C26H33FO6. The summed E-state index contributed by atoms with van der Waals surface area (Å²) in [6.45, 7) is 3.14. The van der Waals surface area contributed by atoms with Gasteiger partial charge < -0.3 is 28.8 Å². The maximum atomic E-state index is 13.3. The molecule has 33 heavy (non-hydrogen) atoms. The molecule has 0 radical (unpaired) electrons. The molecule has 6 nitrogen and oxygen atoms in total. The van der Waals surface area contributed by atoms with Gasteiger partial charge in [-0.25, -0.2) is 4.39 Å². The summed E-state index contributed by atoms with van der Waals surface area (Å²) < 4.78 is 42.1.